The van der Waals surface area contributed by atoms with Crippen LogP contribution in [0.4, 0.5) is 0 Å². The summed E-state index contributed by atoms with van der Waals surface area (Å²) in [6, 6.07) is 0. The Hall–Kier alpha value is -0.120. The van der Waals surface area contributed by atoms with Crippen LogP contribution >= 0.6 is 0 Å². The van der Waals surface area contributed by atoms with Crippen molar-refractivity contribution in [1.82, 2.24) is 4.90 Å². The third-order valence-electron chi connectivity index (χ3n) is 4.58. The van der Waals surface area contributed by atoms with Gasteiger partial charge in [-0.25, -0.2) is 0 Å². The highest BCUT2D eigenvalue weighted by molar-refractivity contribution is 5.08. The minimum atomic E-state index is 0.368. The molecule has 0 atom stereocenters. The van der Waals surface area contributed by atoms with E-state index in [1.165, 1.54) is 32.2 Å². The summed E-state index contributed by atoms with van der Waals surface area (Å²) in [5.74, 6) is 0. The Morgan fingerprint density at radius 2 is 2.00 bits per heavy atom. The van der Waals surface area contributed by atoms with Gasteiger partial charge in [0.2, 0.25) is 0 Å². The van der Waals surface area contributed by atoms with Gasteiger partial charge in [-0.3, -0.25) is 4.90 Å². The molecule has 3 aliphatic rings. The van der Waals surface area contributed by atoms with Crippen LogP contribution < -0.4 is 0 Å². The molecule has 98 valence electrons. The molecule has 1 aliphatic heterocycles. The van der Waals surface area contributed by atoms with E-state index in [0.29, 0.717) is 17.1 Å². The van der Waals surface area contributed by atoms with Crippen molar-refractivity contribution in [1.29, 1.82) is 0 Å². The van der Waals surface area contributed by atoms with E-state index in [2.05, 4.69) is 18.7 Å². The lowest BCUT2D eigenvalue weighted by Gasteiger charge is -2.38. The lowest BCUT2D eigenvalue weighted by atomic mass is 10.0. The standard InChI is InChI=1S/C14H25NO2/c1-12(2)17-10-13(3-4-13)9-15-7-8-16-11-14(15)5-6-14/h12H,3-11H2,1-2H3. The highest BCUT2D eigenvalue weighted by Crippen LogP contribution is 2.51. The van der Waals surface area contributed by atoms with E-state index >= 15 is 0 Å². The van der Waals surface area contributed by atoms with Crippen LogP contribution in [0.15, 0.2) is 0 Å². The summed E-state index contributed by atoms with van der Waals surface area (Å²) >= 11 is 0. The van der Waals surface area contributed by atoms with Crippen LogP contribution in [-0.4, -0.2) is 49.5 Å². The van der Waals surface area contributed by atoms with Crippen molar-refractivity contribution in [3.05, 3.63) is 0 Å². The summed E-state index contributed by atoms with van der Waals surface area (Å²) in [6.45, 7) is 9.47. The van der Waals surface area contributed by atoms with Crippen molar-refractivity contribution in [3.63, 3.8) is 0 Å². The molecule has 2 aliphatic carbocycles. The van der Waals surface area contributed by atoms with Gasteiger partial charge in [-0.05, 0) is 39.5 Å². The van der Waals surface area contributed by atoms with Crippen LogP contribution in [0.5, 0.6) is 0 Å². The molecule has 1 saturated heterocycles. The molecule has 3 fully saturated rings. The van der Waals surface area contributed by atoms with Crippen molar-refractivity contribution in [2.75, 3.05) is 32.9 Å². The Morgan fingerprint density at radius 1 is 1.24 bits per heavy atom. The fourth-order valence-corrected chi connectivity index (χ4v) is 2.89. The van der Waals surface area contributed by atoms with E-state index in [4.69, 9.17) is 9.47 Å². The van der Waals surface area contributed by atoms with Gasteiger partial charge in [0.15, 0.2) is 0 Å². The van der Waals surface area contributed by atoms with Gasteiger partial charge in [0.1, 0.15) is 0 Å². The van der Waals surface area contributed by atoms with Gasteiger partial charge < -0.3 is 9.47 Å². The number of nitrogens with zero attached hydrogens (tertiary/aromatic N) is 1. The van der Waals surface area contributed by atoms with Crippen molar-refractivity contribution >= 4 is 0 Å². The lowest BCUT2D eigenvalue weighted by molar-refractivity contribution is -0.0420. The first kappa shape index (κ1) is 11.9. The summed E-state index contributed by atoms with van der Waals surface area (Å²) in [7, 11) is 0. The van der Waals surface area contributed by atoms with E-state index in [0.717, 1.165) is 26.4 Å². The highest BCUT2D eigenvalue weighted by Gasteiger charge is 2.54. The first-order valence-corrected chi connectivity index (χ1v) is 7.09. The Bertz CT molecular complexity index is 282. The molecule has 3 heteroatoms. The second kappa shape index (κ2) is 4.22. The van der Waals surface area contributed by atoms with Crippen molar-refractivity contribution in [2.45, 2.75) is 51.2 Å². The summed E-state index contributed by atoms with van der Waals surface area (Å²) < 4.78 is 11.5. The van der Waals surface area contributed by atoms with Gasteiger partial charge in [-0.15, -0.1) is 0 Å². The summed E-state index contributed by atoms with van der Waals surface area (Å²) in [5.41, 5.74) is 0.920. The third-order valence-corrected chi connectivity index (χ3v) is 4.58. The first-order chi connectivity index (χ1) is 8.14. The molecule has 0 amide bonds. The van der Waals surface area contributed by atoms with Crippen LogP contribution in [0.25, 0.3) is 0 Å². The topological polar surface area (TPSA) is 21.7 Å². The predicted octanol–water partition coefficient (Wildman–Crippen LogP) is 2.06. The fraction of sp³-hybridized carbons (Fsp3) is 1.00. The average molecular weight is 239 g/mol. The molecule has 0 unspecified atom stereocenters. The normalized spacial score (nSPS) is 29.8. The monoisotopic (exact) mass is 239 g/mol. The van der Waals surface area contributed by atoms with Crippen LogP contribution in [-0.2, 0) is 9.47 Å². The van der Waals surface area contributed by atoms with Crippen LogP contribution in [0.3, 0.4) is 0 Å². The van der Waals surface area contributed by atoms with Crippen molar-refractivity contribution in [2.24, 2.45) is 5.41 Å². The molecule has 0 aromatic rings. The zero-order valence-electron chi connectivity index (χ0n) is 11.2. The van der Waals surface area contributed by atoms with E-state index in [-0.39, 0.29) is 0 Å². The maximum Gasteiger partial charge on any atom is 0.0651 e. The van der Waals surface area contributed by atoms with Crippen LogP contribution in [0.1, 0.15) is 39.5 Å². The minimum absolute atomic E-state index is 0.368. The Kier molecular flexibility index (Phi) is 2.96. The molecular formula is C14H25NO2. The molecule has 3 rings (SSSR count). The maximum absolute atomic E-state index is 5.84. The van der Waals surface area contributed by atoms with Crippen molar-refractivity contribution in [3.8, 4) is 0 Å². The molecule has 2 saturated carbocycles. The number of morpholine rings is 1. The van der Waals surface area contributed by atoms with Gasteiger partial charge in [-0.1, -0.05) is 0 Å². The zero-order valence-corrected chi connectivity index (χ0v) is 11.2. The maximum atomic E-state index is 5.84. The number of ether oxygens (including phenoxy) is 2. The van der Waals surface area contributed by atoms with Crippen LogP contribution in [0, 0.1) is 5.41 Å². The highest BCUT2D eigenvalue weighted by atomic mass is 16.5. The SMILES string of the molecule is CC(C)OCC1(CN2CCOCC23CC3)CC1. The van der Waals surface area contributed by atoms with Crippen molar-refractivity contribution < 1.29 is 9.47 Å². The zero-order chi connectivity index (χ0) is 11.9. The molecule has 3 nitrogen and oxygen atoms in total. The smallest absolute Gasteiger partial charge is 0.0651 e. The molecule has 0 bridgehead atoms. The second-order valence-corrected chi connectivity index (χ2v) is 6.56. The minimum Gasteiger partial charge on any atom is -0.378 e. The predicted molar refractivity (Wildman–Crippen MR) is 67.1 cm³/mol. The molecule has 0 N–H and O–H groups in total. The molecule has 17 heavy (non-hydrogen) atoms. The van der Waals surface area contributed by atoms with E-state index in [1.54, 1.807) is 0 Å². The van der Waals surface area contributed by atoms with Gasteiger partial charge >= 0.3 is 0 Å². The number of rotatable bonds is 5. The number of hydrogen-bond donors (Lipinski definition) is 0. The molecule has 1 heterocycles. The summed E-state index contributed by atoms with van der Waals surface area (Å²) in [4.78, 5) is 2.70. The fourth-order valence-electron chi connectivity index (χ4n) is 2.89. The average Bonchev–Trinajstić information content (AvgIpc) is 3.18. The molecular weight excluding hydrogens is 214 g/mol. The van der Waals surface area contributed by atoms with Crippen LogP contribution in [0.2, 0.25) is 0 Å². The van der Waals surface area contributed by atoms with Gasteiger partial charge in [-0.2, -0.15) is 0 Å². The molecule has 0 aromatic carbocycles. The van der Waals surface area contributed by atoms with Gasteiger partial charge in [0.25, 0.3) is 0 Å². The van der Waals surface area contributed by atoms with Gasteiger partial charge in [0.05, 0.1) is 25.9 Å². The van der Waals surface area contributed by atoms with Gasteiger partial charge in [0, 0.05) is 24.0 Å². The Morgan fingerprint density at radius 3 is 2.59 bits per heavy atom. The molecule has 1 spiro atoms. The Labute approximate surface area is 104 Å². The largest absolute Gasteiger partial charge is 0.378 e. The Balaban J connectivity index is 1.55. The first-order valence-electron chi connectivity index (χ1n) is 7.09. The van der Waals surface area contributed by atoms with E-state index in [9.17, 15) is 0 Å². The second-order valence-electron chi connectivity index (χ2n) is 6.56. The van der Waals surface area contributed by atoms with E-state index in [1.807, 2.05) is 0 Å². The summed E-state index contributed by atoms with van der Waals surface area (Å²) in [5, 5.41) is 0. The quantitative estimate of drug-likeness (QED) is 0.733. The van der Waals surface area contributed by atoms with E-state index < -0.39 is 0 Å². The molecule has 0 radical (unpaired) electrons. The molecule has 0 aromatic heterocycles. The number of hydrogen-bond acceptors (Lipinski definition) is 3. The third kappa shape index (κ3) is 2.51. The summed E-state index contributed by atoms with van der Waals surface area (Å²) in [6.07, 6.45) is 5.76. The lowest BCUT2D eigenvalue weighted by Crippen LogP contribution is -2.50.